The van der Waals surface area contributed by atoms with Crippen molar-refractivity contribution in [3.05, 3.63) is 34.6 Å². The van der Waals surface area contributed by atoms with Crippen molar-refractivity contribution in [1.29, 1.82) is 0 Å². The molecule has 0 saturated heterocycles. The maximum absolute atomic E-state index is 12.9. The highest BCUT2D eigenvalue weighted by Crippen LogP contribution is 2.15. The van der Waals surface area contributed by atoms with E-state index in [-0.39, 0.29) is 10.9 Å². The Morgan fingerprint density at radius 2 is 2.17 bits per heavy atom. The molecule has 0 heterocycles. The molecule has 1 amide bonds. The zero-order valence-electron chi connectivity index (χ0n) is 10.7. The predicted octanol–water partition coefficient (Wildman–Crippen LogP) is 2.44. The van der Waals surface area contributed by atoms with E-state index in [2.05, 4.69) is 5.32 Å². The molecule has 1 aromatic carbocycles. The van der Waals surface area contributed by atoms with Crippen molar-refractivity contribution in [3.8, 4) is 0 Å². The van der Waals surface area contributed by atoms with E-state index < -0.39 is 5.82 Å². The molecule has 0 radical (unpaired) electrons. The van der Waals surface area contributed by atoms with Crippen LogP contribution in [-0.2, 0) is 11.3 Å². The van der Waals surface area contributed by atoms with E-state index in [1.807, 2.05) is 0 Å². The molecule has 1 rings (SSSR count). The molecule has 0 spiro atoms. The number of hydrogen-bond donors (Lipinski definition) is 1. The normalized spacial score (nSPS) is 10.4. The monoisotopic (exact) mass is 272 g/mol. The Balaban J connectivity index is 2.22. The summed E-state index contributed by atoms with van der Waals surface area (Å²) in [6.07, 6.45) is 1.32. The lowest BCUT2D eigenvalue weighted by atomic mass is 10.2. The molecule has 0 aliphatic carbocycles. The minimum Gasteiger partial charge on any atom is -0.349 e. The molecule has 0 aliphatic heterocycles. The predicted molar refractivity (Wildman–Crippen MR) is 71.0 cm³/mol. The van der Waals surface area contributed by atoms with Crippen molar-refractivity contribution in [2.45, 2.75) is 19.4 Å². The number of nitrogens with zero attached hydrogens (tertiary/aromatic N) is 1. The van der Waals surface area contributed by atoms with Gasteiger partial charge in [-0.25, -0.2) is 4.39 Å². The first-order valence-electron chi connectivity index (χ1n) is 5.85. The molecule has 1 N–H and O–H groups in total. The van der Waals surface area contributed by atoms with Gasteiger partial charge < -0.3 is 10.2 Å². The summed E-state index contributed by atoms with van der Waals surface area (Å²) in [5, 5.41) is 3.33. The Morgan fingerprint density at radius 1 is 1.44 bits per heavy atom. The summed E-state index contributed by atoms with van der Waals surface area (Å²) in [5.74, 6) is -0.279. The van der Waals surface area contributed by atoms with Crippen LogP contribution in [0.5, 0.6) is 0 Å². The summed E-state index contributed by atoms with van der Waals surface area (Å²) in [7, 11) is 3.49. The molecule has 0 fully saturated rings. The van der Waals surface area contributed by atoms with Gasteiger partial charge in [0.05, 0.1) is 5.02 Å². The lowest BCUT2D eigenvalue weighted by Gasteiger charge is -2.10. The molecule has 100 valence electrons. The molecule has 5 heteroatoms. The van der Waals surface area contributed by atoms with Gasteiger partial charge in [-0.15, -0.1) is 0 Å². The first kappa shape index (κ1) is 14.9. The minimum atomic E-state index is -0.406. The van der Waals surface area contributed by atoms with Crippen LogP contribution in [0.4, 0.5) is 4.39 Å². The number of amides is 1. The van der Waals surface area contributed by atoms with Gasteiger partial charge in [-0.3, -0.25) is 4.79 Å². The van der Waals surface area contributed by atoms with E-state index in [0.717, 1.165) is 18.5 Å². The molecule has 0 unspecified atom stereocenters. The number of hydrogen-bond acceptors (Lipinski definition) is 2. The van der Waals surface area contributed by atoms with Crippen LogP contribution in [0.25, 0.3) is 0 Å². The van der Waals surface area contributed by atoms with E-state index in [4.69, 9.17) is 11.6 Å². The van der Waals surface area contributed by atoms with Crippen LogP contribution >= 0.6 is 11.6 Å². The molecule has 0 aliphatic rings. The first-order chi connectivity index (χ1) is 8.50. The molecule has 0 atom stereocenters. The second-order valence-corrected chi connectivity index (χ2v) is 4.72. The number of benzene rings is 1. The number of halogens is 2. The third-order valence-corrected chi connectivity index (χ3v) is 2.85. The van der Waals surface area contributed by atoms with Crippen LogP contribution in [0.2, 0.25) is 5.02 Å². The van der Waals surface area contributed by atoms with Gasteiger partial charge in [0, 0.05) is 27.1 Å². The zero-order valence-corrected chi connectivity index (χ0v) is 11.4. The van der Waals surface area contributed by atoms with Crippen molar-refractivity contribution in [2.24, 2.45) is 0 Å². The van der Waals surface area contributed by atoms with Gasteiger partial charge in [-0.2, -0.15) is 0 Å². The van der Waals surface area contributed by atoms with Crippen molar-refractivity contribution in [2.75, 3.05) is 20.6 Å². The Kier molecular flexibility index (Phi) is 6.09. The molecule has 0 bridgehead atoms. The van der Waals surface area contributed by atoms with Crippen molar-refractivity contribution in [1.82, 2.24) is 10.2 Å². The van der Waals surface area contributed by atoms with Crippen molar-refractivity contribution < 1.29 is 9.18 Å². The zero-order chi connectivity index (χ0) is 13.5. The fourth-order valence-corrected chi connectivity index (χ4v) is 1.67. The maximum Gasteiger partial charge on any atom is 0.222 e. The van der Waals surface area contributed by atoms with Gasteiger partial charge >= 0.3 is 0 Å². The van der Waals surface area contributed by atoms with Gasteiger partial charge in [-0.1, -0.05) is 17.7 Å². The fourth-order valence-electron chi connectivity index (χ4n) is 1.47. The second-order valence-electron chi connectivity index (χ2n) is 4.32. The average Bonchev–Trinajstić information content (AvgIpc) is 2.32. The van der Waals surface area contributed by atoms with Crippen molar-refractivity contribution in [3.63, 3.8) is 0 Å². The molecular formula is C13H18ClFN2O. The van der Waals surface area contributed by atoms with E-state index in [1.165, 1.54) is 6.07 Å². The Morgan fingerprint density at radius 3 is 2.78 bits per heavy atom. The number of nitrogens with one attached hydrogen (secondary N) is 1. The SMILES string of the molecule is CN(C)C(=O)CCCNCc1ccc(F)c(Cl)c1. The van der Waals surface area contributed by atoms with Crippen LogP contribution in [0.1, 0.15) is 18.4 Å². The topological polar surface area (TPSA) is 32.3 Å². The highest BCUT2D eigenvalue weighted by Gasteiger charge is 2.03. The van der Waals surface area contributed by atoms with Crippen LogP contribution in [-0.4, -0.2) is 31.4 Å². The maximum atomic E-state index is 12.9. The Hall–Kier alpha value is -1.13. The summed E-state index contributed by atoms with van der Waals surface area (Å²) >= 11 is 5.68. The minimum absolute atomic E-state index is 0.127. The molecule has 0 aromatic heterocycles. The lowest BCUT2D eigenvalue weighted by Crippen LogP contribution is -2.23. The summed E-state index contributed by atoms with van der Waals surface area (Å²) < 4.78 is 12.9. The lowest BCUT2D eigenvalue weighted by molar-refractivity contribution is -0.128. The van der Waals surface area contributed by atoms with Gasteiger partial charge in [0.2, 0.25) is 5.91 Å². The van der Waals surface area contributed by atoms with E-state index >= 15 is 0 Å². The quantitative estimate of drug-likeness (QED) is 0.807. The number of carbonyl (C=O) groups excluding carboxylic acids is 1. The van der Waals surface area contributed by atoms with E-state index in [9.17, 15) is 9.18 Å². The second kappa shape index (κ2) is 7.34. The summed E-state index contributed by atoms with van der Waals surface area (Å²) in [6, 6.07) is 4.66. The Bertz CT molecular complexity index is 410. The van der Waals surface area contributed by atoms with Gasteiger partial charge in [-0.05, 0) is 30.7 Å². The van der Waals surface area contributed by atoms with Crippen LogP contribution in [0.15, 0.2) is 18.2 Å². The highest BCUT2D eigenvalue weighted by atomic mass is 35.5. The Labute approximate surface area is 112 Å². The van der Waals surface area contributed by atoms with Gasteiger partial charge in [0.15, 0.2) is 0 Å². The third kappa shape index (κ3) is 5.02. The molecule has 1 aromatic rings. The largest absolute Gasteiger partial charge is 0.349 e. The van der Waals surface area contributed by atoms with E-state index in [0.29, 0.717) is 13.0 Å². The average molecular weight is 273 g/mol. The van der Waals surface area contributed by atoms with Crippen LogP contribution in [0.3, 0.4) is 0 Å². The summed E-state index contributed by atoms with van der Waals surface area (Å²) in [4.78, 5) is 12.9. The molecule has 3 nitrogen and oxygen atoms in total. The molecule has 18 heavy (non-hydrogen) atoms. The summed E-state index contributed by atoms with van der Waals surface area (Å²) in [6.45, 7) is 1.37. The van der Waals surface area contributed by atoms with E-state index in [1.54, 1.807) is 31.1 Å². The highest BCUT2D eigenvalue weighted by molar-refractivity contribution is 6.30. The van der Waals surface area contributed by atoms with Crippen molar-refractivity contribution >= 4 is 17.5 Å². The molecular weight excluding hydrogens is 255 g/mol. The standard InChI is InChI=1S/C13H18ClFN2O/c1-17(2)13(18)4-3-7-16-9-10-5-6-12(15)11(14)8-10/h5-6,8,16H,3-4,7,9H2,1-2H3. The fraction of sp³-hybridized carbons (Fsp3) is 0.462. The first-order valence-corrected chi connectivity index (χ1v) is 6.23. The number of carbonyl (C=O) groups is 1. The number of rotatable bonds is 6. The molecule has 0 saturated carbocycles. The smallest absolute Gasteiger partial charge is 0.222 e. The van der Waals surface area contributed by atoms with Crippen LogP contribution in [0, 0.1) is 5.82 Å². The van der Waals surface area contributed by atoms with Gasteiger partial charge in [0.1, 0.15) is 5.82 Å². The third-order valence-electron chi connectivity index (χ3n) is 2.56. The van der Waals surface area contributed by atoms with Crippen LogP contribution < -0.4 is 5.32 Å². The summed E-state index contributed by atoms with van der Waals surface area (Å²) in [5.41, 5.74) is 0.931. The van der Waals surface area contributed by atoms with Gasteiger partial charge in [0.25, 0.3) is 0 Å².